The number of rotatable bonds is 3. The molecule has 1 aromatic heterocycles. The number of aromatic nitrogens is 2. The molecule has 4 rings (SSSR count). The van der Waals surface area contributed by atoms with Crippen LogP contribution in [0.15, 0.2) is 0 Å². The third-order valence-corrected chi connectivity index (χ3v) is 5.53. The normalized spacial score (nSPS) is 30.2. The summed E-state index contributed by atoms with van der Waals surface area (Å²) in [4.78, 5) is 4.99. The first-order valence-electron chi connectivity index (χ1n) is 8.60. The molecule has 3 nitrogen and oxygen atoms in total. The van der Waals surface area contributed by atoms with Crippen molar-refractivity contribution in [2.45, 2.75) is 70.9 Å². The molecule has 0 saturated heterocycles. The highest BCUT2D eigenvalue weighted by Crippen LogP contribution is 2.41. The molecule has 0 radical (unpaired) electrons. The summed E-state index contributed by atoms with van der Waals surface area (Å²) in [6.45, 7) is 5.78. The molecule has 2 aliphatic carbocycles. The smallest absolute Gasteiger partial charge is 0.112 e. The Hall–Kier alpha value is -0.830. The molecule has 0 spiro atoms. The van der Waals surface area contributed by atoms with Crippen molar-refractivity contribution in [2.24, 2.45) is 11.8 Å². The maximum atomic E-state index is 4.99. The van der Waals surface area contributed by atoms with E-state index in [2.05, 4.69) is 16.8 Å². The van der Waals surface area contributed by atoms with Crippen LogP contribution in [0, 0.1) is 11.8 Å². The van der Waals surface area contributed by atoms with Crippen LogP contribution in [-0.2, 0) is 19.5 Å². The van der Waals surface area contributed by atoms with E-state index in [-0.39, 0.29) is 0 Å². The van der Waals surface area contributed by atoms with Gasteiger partial charge in [0.25, 0.3) is 0 Å². The van der Waals surface area contributed by atoms with Gasteiger partial charge in [0.15, 0.2) is 0 Å². The van der Waals surface area contributed by atoms with E-state index in [9.17, 15) is 0 Å². The van der Waals surface area contributed by atoms with Gasteiger partial charge in [-0.25, -0.2) is 4.98 Å². The zero-order valence-corrected chi connectivity index (χ0v) is 12.7. The molecule has 2 fully saturated rings. The Balaban J connectivity index is 1.57. The summed E-state index contributed by atoms with van der Waals surface area (Å²) in [5.41, 5.74) is 2.91. The van der Waals surface area contributed by atoms with Crippen molar-refractivity contribution in [2.75, 3.05) is 6.54 Å². The molecule has 110 valence electrons. The van der Waals surface area contributed by atoms with E-state index in [1.165, 1.54) is 63.0 Å². The van der Waals surface area contributed by atoms with E-state index in [0.29, 0.717) is 0 Å². The Morgan fingerprint density at radius 3 is 2.70 bits per heavy atom. The lowest BCUT2D eigenvalue weighted by molar-refractivity contribution is 0.260. The fraction of sp³-hybridized carbons (Fsp3) is 0.824. The van der Waals surface area contributed by atoms with E-state index in [4.69, 9.17) is 4.98 Å². The van der Waals surface area contributed by atoms with Crippen LogP contribution < -0.4 is 5.32 Å². The monoisotopic (exact) mass is 273 g/mol. The first kappa shape index (κ1) is 12.9. The van der Waals surface area contributed by atoms with Gasteiger partial charge >= 0.3 is 0 Å². The van der Waals surface area contributed by atoms with E-state index in [1.54, 1.807) is 5.69 Å². The zero-order valence-electron chi connectivity index (χ0n) is 12.7. The molecule has 1 aromatic rings. The van der Waals surface area contributed by atoms with E-state index in [0.717, 1.165) is 30.8 Å². The molecule has 3 aliphatic rings. The van der Waals surface area contributed by atoms with Gasteiger partial charge in [0.05, 0.1) is 5.69 Å². The van der Waals surface area contributed by atoms with Crippen LogP contribution >= 0.6 is 0 Å². The van der Waals surface area contributed by atoms with Crippen molar-refractivity contribution in [1.29, 1.82) is 0 Å². The number of fused-ring (bicyclic) bond motifs is 1. The molecule has 1 aliphatic heterocycles. The van der Waals surface area contributed by atoms with Crippen LogP contribution in [-0.4, -0.2) is 16.1 Å². The quantitative estimate of drug-likeness (QED) is 0.916. The van der Waals surface area contributed by atoms with Crippen LogP contribution in [0.25, 0.3) is 0 Å². The summed E-state index contributed by atoms with van der Waals surface area (Å²) in [7, 11) is 0. The maximum absolute atomic E-state index is 4.99. The molecular formula is C17H27N3. The second-order valence-electron chi connectivity index (χ2n) is 7.30. The van der Waals surface area contributed by atoms with Gasteiger partial charge in [-0.3, -0.25) is 0 Å². The van der Waals surface area contributed by atoms with Crippen molar-refractivity contribution >= 4 is 0 Å². The molecule has 3 heteroatoms. The fourth-order valence-electron chi connectivity index (χ4n) is 4.02. The predicted octanol–water partition coefficient (Wildman–Crippen LogP) is 3.23. The van der Waals surface area contributed by atoms with Gasteiger partial charge in [0, 0.05) is 37.7 Å². The minimum Gasteiger partial charge on any atom is -0.331 e. The van der Waals surface area contributed by atoms with E-state index < -0.39 is 0 Å². The number of hydrogen-bond acceptors (Lipinski definition) is 2. The van der Waals surface area contributed by atoms with Crippen LogP contribution in [0.5, 0.6) is 0 Å². The van der Waals surface area contributed by atoms with Crippen LogP contribution in [0.2, 0.25) is 0 Å². The van der Waals surface area contributed by atoms with Gasteiger partial charge in [0.2, 0.25) is 0 Å². The second kappa shape index (κ2) is 5.18. The average Bonchev–Trinajstić information content (AvgIpc) is 3.25. The van der Waals surface area contributed by atoms with Gasteiger partial charge < -0.3 is 9.88 Å². The van der Waals surface area contributed by atoms with E-state index in [1.807, 2.05) is 0 Å². The minimum absolute atomic E-state index is 0.781. The van der Waals surface area contributed by atoms with Gasteiger partial charge in [-0.15, -0.1) is 0 Å². The fourth-order valence-corrected chi connectivity index (χ4v) is 4.02. The summed E-state index contributed by atoms with van der Waals surface area (Å²) in [6, 6.07) is 0. The number of hydrogen-bond donors (Lipinski definition) is 1. The first-order chi connectivity index (χ1) is 9.81. The Morgan fingerprint density at radius 1 is 1.15 bits per heavy atom. The SMILES string of the molecule is CC1CCC(Cn2c(C3CC3)nc3c2CCNC3)CC1. The Bertz CT molecular complexity index is 479. The molecule has 2 heterocycles. The number of nitrogens with zero attached hydrogens (tertiary/aromatic N) is 2. The standard InChI is InChI=1S/C17H27N3/c1-12-2-4-13(5-3-12)11-20-16-8-9-18-10-15(16)19-17(20)14-6-7-14/h12-14,18H,2-11H2,1H3. The molecule has 1 N–H and O–H groups in total. The van der Waals surface area contributed by atoms with Gasteiger partial charge in [-0.05, 0) is 37.5 Å². The lowest BCUT2D eigenvalue weighted by Gasteiger charge is -2.28. The topological polar surface area (TPSA) is 29.9 Å². The van der Waals surface area contributed by atoms with Crippen LogP contribution in [0.3, 0.4) is 0 Å². The Morgan fingerprint density at radius 2 is 1.95 bits per heavy atom. The number of imidazole rings is 1. The summed E-state index contributed by atoms with van der Waals surface area (Å²) >= 11 is 0. The largest absolute Gasteiger partial charge is 0.331 e. The molecule has 0 bridgehead atoms. The molecule has 2 saturated carbocycles. The van der Waals surface area contributed by atoms with Crippen molar-refractivity contribution < 1.29 is 0 Å². The Labute approximate surface area is 122 Å². The van der Waals surface area contributed by atoms with Crippen molar-refractivity contribution in [3.63, 3.8) is 0 Å². The summed E-state index contributed by atoms with van der Waals surface area (Å²) < 4.78 is 2.65. The molecule has 0 amide bonds. The molecule has 20 heavy (non-hydrogen) atoms. The first-order valence-corrected chi connectivity index (χ1v) is 8.60. The third-order valence-electron chi connectivity index (χ3n) is 5.53. The maximum Gasteiger partial charge on any atom is 0.112 e. The van der Waals surface area contributed by atoms with Crippen molar-refractivity contribution in [3.05, 3.63) is 17.2 Å². The molecular weight excluding hydrogens is 246 g/mol. The third kappa shape index (κ3) is 2.41. The minimum atomic E-state index is 0.781. The van der Waals surface area contributed by atoms with Crippen LogP contribution in [0.4, 0.5) is 0 Å². The van der Waals surface area contributed by atoms with Crippen LogP contribution in [0.1, 0.15) is 68.6 Å². The molecule has 0 atom stereocenters. The second-order valence-corrected chi connectivity index (χ2v) is 7.30. The van der Waals surface area contributed by atoms with Crippen molar-refractivity contribution in [1.82, 2.24) is 14.9 Å². The highest BCUT2D eigenvalue weighted by molar-refractivity contribution is 5.24. The van der Waals surface area contributed by atoms with Crippen molar-refractivity contribution in [3.8, 4) is 0 Å². The lowest BCUT2D eigenvalue weighted by atomic mass is 9.83. The number of nitrogens with one attached hydrogen (secondary N) is 1. The summed E-state index contributed by atoms with van der Waals surface area (Å²) in [6.07, 6.45) is 9.63. The molecule has 0 unspecified atom stereocenters. The lowest BCUT2D eigenvalue weighted by Crippen LogP contribution is -2.26. The van der Waals surface area contributed by atoms with E-state index >= 15 is 0 Å². The predicted molar refractivity (Wildman–Crippen MR) is 80.7 cm³/mol. The molecule has 0 aromatic carbocycles. The highest BCUT2D eigenvalue weighted by Gasteiger charge is 2.32. The zero-order chi connectivity index (χ0) is 13.5. The summed E-state index contributed by atoms with van der Waals surface area (Å²) in [5.74, 6) is 4.06. The summed E-state index contributed by atoms with van der Waals surface area (Å²) in [5, 5.41) is 3.47. The Kier molecular flexibility index (Phi) is 3.33. The van der Waals surface area contributed by atoms with Gasteiger partial charge in [-0.1, -0.05) is 19.8 Å². The highest BCUT2D eigenvalue weighted by atomic mass is 15.1. The van der Waals surface area contributed by atoms with Gasteiger partial charge in [-0.2, -0.15) is 0 Å². The van der Waals surface area contributed by atoms with Gasteiger partial charge in [0.1, 0.15) is 5.82 Å². The average molecular weight is 273 g/mol.